The lowest BCUT2D eigenvalue weighted by molar-refractivity contribution is -0.192. The number of hydrogen-bond donors (Lipinski definition) is 1. The standard InChI is InChI=1S/C21H22N4O.C2HF3O2/c1-15(2)25-14-17-13-24(20(26)11-18-8-5-6-10-22-18)12-16-7-3-4-9-19(16)21(17)23-25;3-2(4,5)1(6)7/h3-10,14-15H,11-13H2,1-2H3;(H,6,7). The Morgan fingerprint density at radius 2 is 1.70 bits per heavy atom. The highest BCUT2D eigenvalue weighted by Crippen LogP contribution is 2.32. The van der Waals surface area contributed by atoms with Crippen molar-refractivity contribution in [2.45, 2.75) is 45.6 Å². The van der Waals surface area contributed by atoms with Crippen LogP contribution in [-0.4, -0.2) is 42.8 Å². The summed E-state index contributed by atoms with van der Waals surface area (Å²) in [6.07, 6.45) is -0.967. The monoisotopic (exact) mass is 460 g/mol. The van der Waals surface area contributed by atoms with E-state index in [4.69, 9.17) is 15.0 Å². The predicted octanol–water partition coefficient (Wildman–Crippen LogP) is 4.24. The predicted molar refractivity (Wildman–Crippen MR) is 114 cm³/mol. The molecule has 2 aromatic heterocycles. The number of carboxylic acid groups (broad SMARTS) is 1. The molecule has 3 heterocycles. The molecule has 1 aliphatic heterocycles. The van der Waals surface area contributed by atoms with Crippen molar-refractivity contribution < 1.29 is 27.9 Å². The van der Waals surface area contributed by atoms with Gasteiger partial charge in [0.05, 0.1) is 12.1 Å². The topological polar surface area (TPSA) is 88.3 Å². The van der Waals surface area contributed by atoms with Crippen molar-refractivity contribution in [3.8, 4) is 11.3 Å². The van der Waals surface area contributed by atoms with Crippen LogP contribution in [0.15, 0.2) is 54.9 Å². The first-order valence-corrected chi connectivity index (χ1v) is 10.2. The van der Waals surface area contributed by atoms with Crippen LogP contribution in [0.1, 0.15) is 36.7 Å². The van der Waals surface area contributed by atoms with E-state index < -0.39 is 12.1 Å². The highest BCUT2D eigenvalue weighted by Gasteiger charge is 2.38. The van der Waals surface area contributed by atoms with Gasteiger partial charge >= 0.3 is 12.1 Å². The second-order valence-electron chi connectivity index (χ2n) is 7.78. The SMILES string of the molecule is CC(C)n1cc2c(n1)-c1ccccc1CN(C(=O)Cc1ccccn1)C2.O=C(O)C(F)(F)F. The van der Waals surface area contributed by atoms with Gasteiger partial charge in [-0.25, -0.2) is 4.79 Å². The minimum Gasteiger partial charge on any atom is -0.475 e. The maximum atomic E-state index is 12.9. The van der Waals surface area contributed by atoms with E-state index in [0.717, 1.165) is 28.1 Å². The number of hydrogen-bond acceptors (Lipinski definition) is 4. The van der Waals surface area contributed by atoms with Gasteiger partial charge in [0.1, 0.15) is 0 Å². The Morgan fingerprint density at radius 1 is 1.06 bits per heavy atom. The molecule has 1 aromatic carbocycles. The Balaban J connectivity index is 0.000000383. The number of fused-ring (bicyclic) bond motifs is 3. The van der Waals surface area contributed by atoms with Gasteiger partial charge in [-0.05, 0) is 31.5 Å². The van der Waals surface area contributed by atoms with E-state index in [2.05, 4.69) is 37.2 Å². The molecule has 0 saturated carbocycles. The Labute approximate surface area is 188 Å². The average Bonchev–Trinajstić information content (AvgIpc) is 3.11. The number of pyridine rings is 1. The van der Waals surface area contributed by atoms with Crippen molar-refractivity contribution in [2.75, 3.05) is 0 Å². The number of benzene rings is 1. The normalized spacial score (nSPS) is 12.8. The third kappa shape index (κ3) is 5.97. The van der Waals surface area contributed by atoms with Crippen LogP contribution in [0, 0.1) is 0 Å². The second-order valence-corrected chi connectivity index (χ2v) is 7.78. The van der Waals surface area contributed by atoms with E-state index in [9.17, 15) is 18.0 Å². The first kappa shape index (κ1) is 24.0. The number of halogens is 3. The first-order chi connectivity index (χ1) is 15.6. The number of aromatic nitrogens is 3. The molecule has 0 spiro atoms. The number of carbonyl (C=O) groups excluding carboxylic acids is 1. The fraction of sp³-hybridized carbons (Fsp3) is 0.304. The zero-order chi connectivity index (χ0) is 24.2. The molecule has 0 bridgehead atoms. The molecule has 0 atom stereocenters. The van der Waals surface area contributed by atoms with Gasteiger partial charge in [-0.15, -0.1) is 0 Å². The molecule has 0 saturated heterocycles. The van der Waals surface area contributed by atoms with Crippen LogP contribution < -0.4 is 0 Å². The van der Waals surface area contributed by atoms with Crippen LogP contribution in [0.4, 0.5) is 13.2 Å². The minimum absolute atomic E-state index is 0.0867. The molecule has 174 valence electrons. The number of amides is 1. The molecule has 4 rings (SSSR count). The molecular weight excluding hydrogens is 437 g/mol. The maximum absolute atomic E-state index is 12.9. The summed E-state index contributed by atoms with van der Waals surface area (Å²) >= 11 is 0. The molecule has 1 N–H and O–H groups in total. The van der Waals surface area contributed by atoms with Crippen molar-refractivity contribution in [3.05, 3.63) is 71.7 Å². The second kappa shape index (κ2) is 9.85. The molecule has 0 fully saturated rings. The fourth-order valence-electron chi connectivity index (χ4n) is 3.34. The Bertz CT molecular complexity index is 1130. The van der Waals surface area contributed by atoms with Gasteiger partial charge < -0.3 is 10.0 Å². The van der Waals surface area contributed by atoms with Crippen molar-refractivity contribution in [2.24, 2.45) is 0 Å². The Morgan fingerprint density at radius 3 is 2.30 bits per heavy atom. The van der Waals surface area contributed by atoms with Gasteiger partial charge in [0.25, 0.3) is 0 Å². The maximum Gasteiger partial charge on any atom is 0.490 e. The van der Waals surface area contributed by atoms with Crippen molar-refractivity contribution in [3.63, 3.8) is 0 Å². The van der Waals surface area contributed by atoms with E-state index in [1.165, 1.54) is 0 Å². The molecule has 33 heavy (non-hydrogen) atoms. The fourth-order valence-corrected chi connectivity index (χ4v) is 3.34. The molecule has 0 radical (unpaired) electrons. The quantitative estimate of drug-likeness (QED) is 0.632. The summed E-state index contributed by atoms with van der Waals surface area (Å²) in [7, 11) is 0. The largest absolute Gasteiger partial charge is 0.490 e. The number of nitrogens with zero attached hydrogens (tertiary/aromatic N) is 4. The summed E-state index contributed by atoms with van der Waals surface area (Å²) in [5.74, 6) is -2.67. The van der Waals surface area contributed by atoms with Crippen molar-refractivity contribution >= 4 is 11.9 Å². The van der Waals surface area contributed by atoms with Crippen molar-refractivity contribution in [1.29, 1.82) is 0 Å². The highest BCUT2D eigenvalue weighted by molar-refractivity contribution is 5.80. The van der Waals surface area contributed by atoms with E-state index in [0.29, 0.717) is 19.5 Å². The first-order valence-electron chi connectivity index (χ1n) is 10.2. The minimum atomic E-state index is -5.08. The van der Waals surface area contributed by atoms with Gasteiger partial charge in [0.2, 0.25) is 5.91 Å². The van der Waals surface area contributed by atoms with Crippen LogP contribution in [0.2, 0.25) is 0 Å². The van der Waals surface area contributed by atoms with E-state index in [-0.39, 0.29) is 11.9 Å². The van der Waals surface area contributed by atoms with Crippen LogP contribution in [0.3, 0.4) is 0 Å². The third-order valence-corrected chi connectivity index (χ3v) is 4.99. The Hall–Kier alpha value is -3.69. The number of carbonyl (C=O) groups is 2. The molecule has 10 heteroatoms. The zero-order valence-corrected chi connectivity index (χ0v) is 18.1. The van der Waals surface area contributed by atoms with E-state index in [1.54, 1.807) is 6.20 Å². The van der Waals surface area contributed by atoms with Gasteiger partial charge in [-0.2, -0.15) is 18.3 Å². The third-order valence-electron chi connectivity index (χ3n) is 4.99. The molecule has 1 amide bonds. The lowest BCUT2D eigenvalue weighted by Gasteiger charge is -2.21. The molecule has 0 unspecified atom stereocenters. The molecule has 7 nitrogen and oxygen atoms in total. The summed E-state index contributed by atoms with van der Waals surface area (Å²) in [5.41, 5.74) is 5.14. The Kier molecular flexibility index (Phi) is 7.15. The molecule has 0 aliphatic carbocycles. The molecular formula is C23H23F3N4O3. The highest BCUT2D eigenvalue weighted by atomic mass is 19.4. The van der Waals surface area contributed by atoms with Gasteiger partial charge in [-0.1, -0.05) is 30.3 Å². The summed E-state index contributed by atoms with van der Waals surface area (Å²) in [6.45, 7) is 5.40. The molecule has 1 aliphatic rings. The van der Waals surface area contributed by atoms with Gasteiger partial charge in [0.15, 0.2) is 0 Å². The summed E-state index contributed by atoms with van der Waals surface area (Å²) in [6, 6.07) is 14.2. The van der Waals surface area contributed by atoms with Gasteiger partial charge in [0, 0.05) is 48.3 Å². The lowest BCUT2D eigenvalue weighted by Crippen LogP contribution is -2.31. The van der Waals surface area contributed by atoms with E-state index in [1.807, 2.05) is 39.9 Å². The zero-order valence-electron chi connectivity index (χ0n) is 18.1. The van der Waals surface area contributed by atoms with Crippen LogP contribution in [0.25, 0.3) is 11.3 Å². The number of rotatable bonds is 3. The summed E-state index contributed by atoms with van der Waals surface area (Å²) in [4.78, 5) is 28.0. The summed E-state index contributed by atoms with van der Waals surface area (Å²) in [5, 5.41) is 11.9. The smallest absolute Gasteiger partial charge is 0.475 e. The van der Waals surface area contributed by atoms with Crippen LogP contribution in [0.5, 0.6) is 0 Å². The van der Waals surface area contributed by atoms with Gasteiger partial charge in [-0.3, -0.25) is 14.5 Å². The van der Waals surface area contributed by atoms with E-state index >= 15 is 0 Å². The number of alkyl halides is 3. The average molecular weight is 460 g/mol. The van der Waals surface area contributed by atoms with Crippen LogP contribution in [-0.2, 0) is 29.1 Å². The number of aliphatic carboxylic acids is 1. The number of carboxylic acids is 1. The lowest BCUT2D eigenvalue weighted by atomic mass is 10.0. The van der Waals surface area contributed by atoms with Crippen LogP contribution >= 0.6 is 0 Å². The van der Waals surface area contributed by atoms with Crippen molar-refractivity contribution in [1.82, 2.24) is 19.7 Å². The molecule has 3 aromatic rings. The summed E-state index contributed by atoms with van der Waals surface area (Å²) < 4.78 is 33.7.